The molecule has 3 amide bonds. The van der Waals surface area contributed by atoms with E-state index >= 15 is 0 Å². The number of aryl methyl sites for hydroxylation is 1. The number of likely N-dealkylation sites (N-methyl/N-ethyl adjacent to an activating group) is 1. The summed E-state index contributed by atoms with van der Waals surface area (Å²) in [4.78, 5) is 30.8. The molecule has 0 bridgehead atoms. The molecule has 3 aromatic carbocycles. The molecule has 0 aliphatic carbocycles. The summed E-state index contributed by atoms with van der Waals surface area (Å²) >= 11 is 6.19. The SMILES string of the molecule is COc1ccc(C[N+]2=C3c4cc(C)ccc4N(C)C3C(=O)N(c3cccc(Cl)c3)C2=O)cc1. The van der Waals surface area contributed by atoms with Gasteiger partial charge in [0.25, 0.3) is 0 Å². The molecule has 0 N–H and O–H groups in total. The summed E-state index contributed by atoms with van der Waals surface area (Å²) in [5.74, 6) is 0.450. The van der Waals surface area contributed by atoms with Crippen molar-refractivity contribution in [2.75, 3.05) is 24.0 Å². The molecule has 166 valence electrons. The number of nitrogens with zero attached hydrogens (tertiary/aromatic N) is 3. The van der Waals surface area contributed by atoms with Gasteiger partial charge in [-0.25, -0.2) is 4.79 Å². The minimum absolute atomic E-state index is 0.292. The van der Waals surface area contributed by atoms with Crippen molar-refractivity contribution in [3.8, 4) is 5.75 Å². The number of ether oxygens (including phenoxy) is 1. The van der Waals surface area contributed by atoms with Gasteiger partial charge in [-0.1, -0.05) is 41.4 Å². The molecule has 0 saturated carbocycles. The van der Waals surface area contributed by atoms with E-state index in [9.17, 15) is 9.59 Å². The number of anilines is 2. The number of hydrogen-bond donors (Lipinski definition) is 0. The van der Waals surface area contributed by atoms with Gasteiger partial charge in [0.1, 0.15) is 18.0 Å². The normalized spacial score (nSPS) is 17.4. The second-order valence-electron chi connectivity index (χ2n) is 8.29. The zero-order valence-corrected chi connectivity index (χ0v) is 19.3. The number of halogens is 1. The Hall–Kier alpha value is -3.64. The molecule has 0 spiro atoms. The van der Waals surface area contributed by atoms with Crippen LogP contribution in [0.5, 0.6) is 5.75 Å². The minimum atomic E-state index is -0.614. The molecular formula is C26H23ClN3O3+. The van der Waals surface area contributed by atoms with Crippen molar-refractivity contribution in [1.82, 2.24) is 0 Å². The Labute approximate surface area is 197 Å². The Balaban J connectivity index is 1.70. The van der Waals surface area contributed by atoms with Crippen molar-refractivity contribution >= 4 is 40.6 Å². The summed E-state index contributed by atoms with van der Waals surface area (Å²) in [6.07, 6.45) is 0. The van der Waals surface area contributed by atoms with Crippen LogP contribution < -0.4 is 14.5 Å². The van der Waals surface area contributed by atoms with Gasteiger partial charge in [-0.2, -0.15) is 9.37 Å². The zero-order chi connectivity index (χ0) is 23.3. The van der Waals surface area contributed by atoms with E-state index in [1.165, 1.54) is 4.90 Å². The fourth-order valence-electron chi connectivity index (χ4n) is 4.57. The van der Waals surface area contributed by atoms with E-state index in [1.807, 2.05) is 61.3 Å². The van der Waals surface area contributed by atoms with Crippen LogP contribution >= 0.6 is 11.6 Å². The number of urea groups is 1. The predicted molar refractivity (Wildman–Crippen MR) is 129 cm³/mol. The lowest BCUT2D eigenvalue weighted by Crippen LogP contribution is -2.60. The van der Waals surface area contributed by atoms with Gasteiger partial charge in [0.05, 0.1) is 7.11 Å². The van der Waals surface area contributed by atoms with E-state index in [0.29, 0.717) is 23.0 Å². The number of benzene rings is 3. The first-order valence-electron chi connectivity index (χ1n) is 10.6. The maximum absolute atomic E-state index is 13.8. The molecule has 0 radical (unpaired) electrons. The molecule has 7 heteroatoms. The second kappa shape index (κ2) is 8.05. The summed E-state index contributed by atoms with van der Waals surface area (Å²) in [5.41, 5.74) is 4.99. The van der Waals surface area contributed by atoms with Gasteiger partial charge in [0, 0.05) is 29.4 Å². The Morgan fingerprint density at radius 3 is 2.48 bits per heavy atom. The molecule has 2 aliphatic rings. The van der Waals surface area contributed by atoms with Gasteiger partial charge in [-0.05, 0) is 48.9 Å². The molecule has 6 nitrogen and oxygen atoms in total. The van der Waals surface area contributed by atoms with E-state index in [1.54, 1.807) is 36.0 Å². The number of rotatable bonds is 4. The maximum atomic E-state index is 13.8. The Kier molecular flexibility index (Phi) is 5.17. The van der Waals surface area contributed by atoms with E-state index < -0.39 is 12.1 Å². The number of amides is 3. The van der Waals surface area contributed by atoms with Crippen LogP contribution in [0.15, 0.2) is 66.7 Å². The molecule has 5 rings (SSSR count). The highest BCUT2D eigenvalue weighted by Crippen LogP contribution is 2.37. The summed E-state index contributed by atoms with van der Waals surface area (Å²) in [6.45, 7) is 2.33. The lowest BCUT2D eigenvalue weighted by Gasteiger charge is -2.28. The Morgan fingerprint density at radius 1 is 1.03 bits per heavy atom. The predicted octanol–water partition coefficient (Wildman–Crippen LogP) is 4.64. The molecule has 0 fully saturated rings. The van der Waals surface area contributed by atoms with Crippen molar-refractivity contribution in [2.45, 2.75) is 19.5 Å². The minimum Gasteiger partial charge on any atom is -0.497 e. The van der Waals surface area contributed by atoms with Gasteiger partial charge in [-0.3, -0.25) is 0 Å². The van der Waals surface area contributed by atoms with E-state index in [-0.39, 0.29) is 5.91 Å². The summed E-state index contributed by atoms with van der Waals surface area (Å²) < 4.78 is 6.97. The van der Waals surface area contributed by atoms with E-state index in [2.05, 4.69) is 0 Å². The van der Waals surface area contributed by atoms with Crippen molar-refractivity contribution in [3.63, 3.8) is 0 Å². The van der Waals surface area contributed by atoms with Crippen LogP contribution in [0.3, 0.4) is 0 Å². The lowest BCUT2D eigenvalue weighted by molar-refractivity contribution is -0.445. The average Bonchev–Trinajstić information content (AvgIpc) is 3.09. The fourth-order valence-corrected chi connectivity index (χ4v) is 4.75. The number of fused-ring (bicyclic) bond motifs is 3. The monoisotopic (exact) mass is 460 g/mol. The quantitative estimate of drug-likeness (QED) is 0.532. The zero-order valence-electron chi connectivity index (χ0n) is 18.6. The average molecular weight is 461 g/mol. The Morgan fingerprint density at radius 2 is 1.79 bits per heavy atom. The van der Waals surface area contributed by atoms with Gasteiger partial charge < -0.3 is 9.64 Å². The molecule has 3 aromatic rings. The van der Waals surface area contributed by atoms with Crippen LogP contribution in [0, 0.1) is 6.92 Å². The maximum Gasteiger partial charge on any atom is 0.506 e. The van der Waals surface area contributed by atoms with Gasteiger partial charge in [0.15, 0.2) is 11.8 Å². The van der Waals surface area contributed by atoms with Crippen LogP contribution in [0.4, 0.5) is 16.2 Å². The molecular weight excluding hydrogens is 438 g/mol. The first-order valence-corrected chi connectivity index (χ1v) is 11.0. The summed E-state index contributed by atoms with van der Waals surface area (Å²) in [7, 11) is 3.51. The van der Waals surface area contributed by atoms with Crippen LogP contribution in [-0.2, 0) is 11.3 Å². The molecule has 2 heterocycles. The van der Waals surface area contributed by atoms with Crippen LogP contribution in [0.2, 0.25) is 5.02 Å². The summed E-state index contributed by atoms with van der Waals surface area (Å²) in [6, 6.07) is 19.5. The highest BCUT2D eigenvalue weighted by molar-refractivity contribution is 6.34. The third-order valence-corrected chi connectivity index (χ3v) is 6.42. The topological polar surface area (TPSA) is 52.9 Å². The molecule has 0 aromatic heterocycles. The number of hydrogen-bond acceptors (Lipinski definition) is 4. The number of carbonyl (C=O) groups is 2. The standard InChI is InChI=1S/C26H23ClN3O3/c1-16-7-12-22-21(13-16)23-24(28(22)2)25(31)30(19-6-4-5-18(27)14-19)26(32)29(23)15-17-8-10-20(33-3)11-9-17/h4-14,24H,15H2,1-3H3/q+1. The molecule has 33 heavy (non-hydrogen) atoms. The first kappa shape index (κ1) is 21.2. The molecule has 0 saturated heterocycles. The smallest absolute Gasteiger partial charge is 0.497 e. The van der Waals surface area contributed by atoms with Gasteiger partial charge in [0.2, 0.25) is 0 Å². The van der Waals surface area contributed by atoms with Crippen molar-refractivity contribution in [3.05, 3.63) is 88.4 Å². The lowest BCUT2D eigenvalue weighted by atomic mass is 10.0. The molecule has 1 atom stereocenters. The highest BCUT2D eigenvalue weighted by Gasteiger charge is 2.55. The van der Waals surface area contributed by atoms with E-state index in [0.717, 1.165) is 28.1 Å². The molecule has 1 unspecified atom stereocenters. The van der Waals surface area contributed by atoms with Gasteiger partial charge in [-0.15, -0.1) is 4.90 Å². The number of carbonyl (C=O) groups excluding carboxylic acids is 2. The van der Waals surface area contributed by atoms with Crippen LogP contribution in [0.1, 0.15) is 16.7 Å². The van der Waals surface area contributed by atoms with Crippen molar-refractivity contribution in [1.29, 1.82) is 0 Å². The third kappa shape index (κ3) is 3.47. The van der Waals surface area contributed by atoms with Crippen molar-refractivity contribution in [2.24, 2.45) is 0 Å². The largest absolute Gasteiger partial charge is 0.506 e. The third-order valence-electron chi connectivity index (χ3n) is 6.19. The second-order valence-corrected chi connectivity index (χ2v) is 8.73. The number of methoxy groups -OCH3 is 1. The van der Waals surface area contributed by atoms with E-state index in [4.69, 9.17) is 16.3 Å². The van der Waals surface area contributed by atoms with Crippen LogP contribution in [-0.4, -0.2) is 42.4 Å². The molecule has 2 aliphatic heterocycles. The first-order chi connectivity index (χ1) is 15.9. The van der Waals surface area contributed by atoms with Gasteiger partial charge >= 0.3 is 11.9 Å². The Bertz CT molecular complexity index is 1320. The number of imide groups is 1. The summed E-state index contributed by atoms with van der Waals surface area (Å²) in [5, 5.41) is 0.461. The fraction of sp³-hybridized carbons (Fsp3) is 0.192. The van der Waals surface area contributed by atoms with Crippen LogP contribution in [0.25, 0.3) is 0 Å². The highest BCUT2D eigenvalue weighted by atomic mass is 35.5. The van der Waals surface area contributed by atoms with Crippen molar-refractivity contribution < 1.29 is 18.9 Å².